The molecule has 80 valence electrons. The van der Waals surface area contributed by atoms with Gasteiger partial charge in [-0.3, -0.25) is 0 Å². The molecule has 0 aromatic heterocycles. The fraction of sp³-hybridized carbons (Fsp3) is 0.500. The highest BCUT2D eigenvalue weighted by atomic mass is 35.5. The Labute approximate surface area is 95.0 Å². The van der Waals surface area contributed by atoms with Crippen molar-refractivity contribution in [2.45, 2.75) is 31.3 Å². The number of nitrogens with zero attached hydrogens (tertiary/aromatic N) is 1. The minimum absolute atomic E-state index is 0.325. The summed E-state index contributed by atoms with van der Waals surface area (Å²) in [6.45, 7) is 0.984. The van der Waals surface area contributed by atoms with Crippen LogP contribution < -0.4 is 10.6 Å². The predicted octanol–water partition coefficient (Wildman–Crippen LogP) is 2.19. The molecular formula is C12H15ClN2. The van der Waals surface area contributed by atoms with Gasteiger partial charge in [-0.25, -0.2) is 0 Å². The van der Waals surface area contributed by atoms with Crippen molar-refractivity contribution in [2.24, 2.45) is 5.73 Å². The summed E-state index contributed by atoms with van der Waals surface area (Å²) in [7, 11) is 0. The summed E-state index contributed by atoms with van der Waals surface area (Å²) in [6.07, 6.45) is 3.54. The molecule has 2 unspecified atom stereocenters. The highest BCUT2D eigenvalue weighted by Crippen LogP contribution is 2.37. The smallest absolute Gasteiger partial charge is 0.0426 e. The number of nitrogens with two attached hydrogens (primary N) is 1. The van der Waals surface area contributed by atoms with E-state index in [4.69, 9.17) is 17.3 Å². The van der Waals surface area contributed by atoms with Gasteiger partial charge in [0.05, 0.1) is 0 Å². The van der Waals surface area contributed by atoms with E-state index in [1.54, 1.807) is 0 Å². The van der Waals surface area contributed by atoms with Crippen molar-refractivity contribution in [3.8, 4) is 0 Å². The number of rotatable bonds is 0. The van der Waals surface area contributed by atoms with Crippen LogP contribution in [0.15, 0.2) is 18.2 Å². The van der Waals surface area contributed by atoms with E-state index in [-0.39, 0.29) is 0 Å². The monoisotopic (exact) mass is 222 g/mol. The Morgan fingerprint density at radius 2 is 2.20 bits per heavy atom. The van der Waals surface area contributed by atoms with E-state index in [9.17, 15) is 0 Å². The molecule has 0 radical (unpaired) electrons. The van der Waals surface area contributed by atoms with Crippen LogP contribution in [0.3, 0.4) is 0 Å². The van der Waals surface area contributed by atoms with E-state index in [2.05, 4.69) is 17.0 Å². The van der Waals surface area contributed by atoms with Crippen LogP contribution in [-0.2, 0) is 6.42 Å². The van der Waals surface area contributed by atoms with Gasteiger partial charge in [0.2, 0.25) is 0 Å². The van der Waals surface area contributed by atoms with Crippen molar-refractivity contribution in [3.63, 3.8) is 0 Å². The Kier molecular flexibility index (Phi) is 2.15. The van der Waals surface area contributed by atoms with E-state index in [0.717, 1.165) is 18.0 Å². The lowest BCUT2D eigenvalue weighted by Crippen LogP contribution is -2.47. The van der Waals surface area contributed by atoms with Crippen LogP contribution in [0.5, 0.6) is 0 Å². The summed E-state index contributed by atoms with van der Waals surface area (Å²) in [5.74, 6) is 0. The van der Waals surface area contributed by atoms with Gasteiger partial charge in [0.25, 0.3) is 0 Å². The normalized spacial score (nSPS) is 28.8. The summed E-state index contributed by atoms with van der Waals surface area (Å²) in [5, 5.41) is 0.827. The zero-order valence-electron chi connectivity index (χ0n) is 8.62. The predicted molar refractivity (Wildman–Crippen MR) is 63.5 cm³/mol. The molecule has 2 aliphatic heterocycles. The first-order valence-corrected chi connectivity index (χ1v) is 5.92. The number of hydrogen-bond donors (Lipinski definition) is 1. The molecule has 2 nitrogen and oxygen atoms in total. The van der Waals surface area contributed by atoms with E-state index in [1.807, 2.05) is 6.07 Å². The SMILES string of the molecule is NC1CCC2Cc3ccc(Cl)cc3N2C1. The fourth-order valence-corrected chi connectivity index (χ4v) is 2.96. The molecule has 1 fully saturated rings. The van der Waals surface area contributed by atoms with Crippen LogP contribution in [-0.4, -0.2) is 18.6 Å². The number of piperidine rings is 1. The Morgan fingerprint density at radius 3 is 3.07 bits per heavy atom. The van der Waals surface area contributed by atoms with Gasteiger partial charge in [-0.2, -0.15) is 0 Å². The third-order valence-electron chi connectivity index (χ3n) is 3.55. The van der Waals surface area contributed by atoms with E-state index < -0.39 is 0 Å². The number of halogens is 1. The first-order chi connectivity index (χ1) is 7.24. The highest BCUT2D eigenvalue weighted by Gasteiger charge is 2.33. The summed E-state index contributed by atoms with van der Waals surface area (Å²) < 4.78 is 0. The largest absolute Gasteiger partial charge is 0.366 e. The number of anilines is 1. The van der Waals surface area contributed by atoms with E-state index in [1.165, 1.54) is 24.1 Å². The second-order valence-corrected chi connectivity index (χ2v) is 5.06. The number of benzene rings is 1. The van der Waals surface area contributed by atoms with Gasteiger partial charge < -0.3 is 10.6 Å². The number of hydrogen-bond acceptors (Lipinski definition) is 2. The average molecular weight is 223 g/mol. The maximum Gasteiger partial charge on any atom is 0.0426 e. The molecule has 1 aromatic carbocycles. The molecule has 0 aliphatic carbocycles. The zero-order valence-corrected chi connectivity index (χ0v) is 9.37. The lowest BCUT2D eigenvalue weighted by atomic mass is 9.99. The van der Waals surface area contributed by atoms with Crippen LogP contribution in [0.2, 0.25) is 5.02 Å². The summed E-state index contributed by atoms with van der Waals surface area (Å²) >= 11 is 6.03. The Bertz CT molecular complexity index is 391. The lowest BCUT2D eigenvalue weighted by Gasteiger charge is -2.35. The van der Waals surface area contributed by atoms with Crippen LogP contribution in [0.1, 0.15) is 18.4 Å². The first-order valence-electron chi connectivity index (χ1n) is 5.54. The molecule has 0 saturated carbocycles. The van der Waals surface area contributed by atoms with Gasteiger partial charge in [-0.05, 0) is 37.0 Å². The molecule has 2 atom stereocenters. The molecule has 3 heteroatoms. The summed E-state index contributed by atoms with van der Waals surface area (Å²) in [5.41, 5.74) is 8.75. The summed E-state index contributed by atoms with van der Waals surface area (Å²) in [6, 6.07) is 7.21. The first kappa shape index (κ1) is 9.49. The van der Waals surface area contributed by atoms with Crippen LogP contribution in [0.25, 0.3) is 0 Å². The topological polar surface area (TPSA) is 29.3 Å². The van der Waals surface area contributed by atoms with Gasteiger partial charge in [-0.1, -0.05) is 17.7 Å². The molecule has 1 aromatic rings. The second kappa shape index (κ2) is 3.39. The minimum atomic E-state index is 0.325. The Balaban J connectivity index is 1.98. The van der Waals surface area contributed by atoms with Gasteiger partial charge in [0, 0.05) is 29.3 Å². The fourth-order valence-electron chi connectivity index (χ4n) is 2.79. The maximum absolute atomic E-state index is 6.03. The highest BCUT2D eigenvalue weighted by molar-refractivity contribution is 6.30. The summed E-state index contributed by atoms with van der Waals surface area (Å²) in [4.78, 5) is 2.44. The van der Waals surface area contributed by atoms with E-state index in [0.29, 0.717) is 12.1 Å². The molecule has 2 heterocycles. The quantitative estimate of drug-likeness (QED) is 0.729. The van der Waals surface area contributed by atoms with Gasteiger partial charge >= 0.3 is 0 Å². The van der Waals surface area contributed by atoms with Crippen LogP contribution in [0.4, 0.5) is 5.69 Å². The molecule has 3 rings (SSSR count). The van der Waals surface area contributed by atoms with Gasteiger partial charge in [0.15, 0.2) is 0 Å². The third kappa shape index (κ3) is 1.52. The van der Waals surface area contributed by atoms with Crippen molar-refractivity contribution in [2.75, 3.05) is 11.4 Å². The van der Waals surface area contributed by atoms with Gasteiger partial charge in [0.1, 0.15) is 0 Å². The Morgan fingerprint density at radius 1 is 1.33 bits per heavy atom. The molecule has 0 spiro atoms. The van der Waals surface area contributed by atoms with Crippen LogP contribution in [0, 0.1) is 0 Å². The molecule has 0 amide bonds. The molecule has 0 bridgehead atoms. The third-order valence-corrected chi connectivity index (χ3v) is 3.79. The molecule has 15 heavy (non-hydrogen) atoms. The zero-order chi connectivity index (χ0) is 10.4. The van der Waals surface area contributed by atoms with Crippen molar-refractivity contribution >= 4 is 17.3 Å². The van der Waals surface area contributed by atoms with Crippen molar-refractivity contribution in [3.05, 3.63) is 28.8 Å². The average Bonchev–Trinajstić information content (AvgIpc) is 2.56. The molecule has 2 aliphatic rings. The Hall–Kier alpha value is -0.730. The maximum atomic E-state index is 6.03. The van der Waals surface area contributed by atoms with Gasteiger partial charge in [-0.15, -0.1) is 0 Å². The number of fused-ring (bicyclic) bond motifs is 3. The van der Waals surface area contributed by atoms with Crippen LogP contribution >= 0.6 is 11.6 Å². The minimum Gasteiger partial charge on any atom is -0.366 e. The van der Waals surface area contributed by atoms with Crippen molar-refractivity contribution in [1.82, 2.24) is 0 Å². The standard InChI is InChI=1S/C12H15ClN2/c13-9-2-1-8-5-11-4-3-10(14)7-15(11)12(8)6-9/h1-2,6,10-11H,3-5,7,14H2. The molecular weight excluding hydrogens is 208 g/mol. The van der Waals surface area contributed by atoms with Crippen molar-refractivity contribution in [1.29, 1.82) is 0 Å². The van der Waals surface area contributed by atoms with E-state index >= 15 is 0 Å². The molecule has 1 saturated heterocycles. The lowest BCUT2D eigenvalue weighted by molar-refractivity contribution is 0.433. The second-order valence-electron chi connectivity index (χ2n) is 4.62. The van der Waals surface area contributed by atoms with Crippen molar-refractivity contribution < 1.29 is 0 Å². The molecule has 2 N–H and O–H groups in total.